The fourth-order valence-electron chi connectivity index (χ4n) is 5.63. The highest BCUT2D eigenvalue weighted by Gasteiger charge is 2.27. The number of phosphoric acid groups is 1. The minimum Gasteiger partial charge on any atom is -0.462 e. The SMILES string of the molecule is CC/C=C\CC(O)/C=C/C=C/C/C=C\C/C=C\C/C=C\CCC(=O)OC[C@H](COP(=O)(O)OC[C@@H](O)CO)OC(=O)CCCCCCCCC/C=C\CCCCCCCC. The summed E-state index contributed by atoms with van der Waals surface area (Å²) >= 11 is 0. The first-order valence-electron chi connectivity index (χ1n) is 22.7. The van der Waals surface area contributed by atoms with Crippen LogP contribution in [0, 0.1) is 0 Å². The third kappa shape index (κ3) is 41.8. The Bertz CT molecular complexity index is 1290. The summed E-state index contributed by atoms with van der Waals surface area (Å²) in [6, 6.07) is 0. The van der Waals surface area contributed by atoms with Gasteiger partial charge in [0.2, 0.25) is 0 Å². The molecule has 12 heteroatoms. The normalized spacial score (nSPS) is 15.1. The van der Waals surface area contributed by atoms with Crippen molar-refractivity contribution in [2.45, 2.75) is 180 Å². The lowest BCUT2D eigenvalue weighted by atomic mass is 10.1. The van der Waals surface area contributed by atoms with Gasteiger partial charge in [-0.05, 0) is 70.6 Å². The molecule has 0 spiro atoms. The number of ether oxygens (including phenoxy) is 2. The lowest BCUT2D eigenvalue weighted by Crippen LogP contribution is -2.29. The monoisotopic (exact) mass is 865 g/mol. The number of carbonyl (C=O) groups excluding carboxylic acids is 2. The molecular weight excluding hydrogens is 783 g/mol. The Kier molecular flexibility index (Phi) is 40.7. The van der Waals surface area contributed by atoms with Crippen LogP contribution in [-0.2, 0) is 32.7 Å². The van der Waals surface area contributed by atoms with Crippen LogP contribution in [0.3, 0.4) is 0 Å². The topological polar surface area (TPSA) is 169 Å². The Morgan fingerprint density at radius 3 is 1.75 bits per heavy atom. The highest BCUT2D eigenvalue weighted by Crippen LogP contribution is 2.43. The van der Waals surface area contributed by atoms with E-state index < -0.39 is 57.9 Å². The van der Waals surface area contributed by atoms with Crippen molar-refractivity contribution in [2.75, 3.05) is 26.4 Å². The minimum atomic E-state index is -4.65. The molecule has 0 saturated heterocycles. The van der Waals surface area contributed by atoms with Gasteiger partial charge < -0.3 is 29.7 Å². The molecule has 0 aliphatic carbocycles. The van der Waals surface area contributed by atoms with Gasteiger partial charge in [0.25, 0.3) is 0 Å². The van der Waals surface area contributed by atoms with Gasteiger partial charge in [-0.25, -0.2) is 4.57 Å². The highest BCUT2D eigenvalue weighted by molar-refractivity contribution is 7.47. The summed E-state index contributed by atoms with van der Waals surface area (Å²) in [6.07, 6.45) is 47.5. The molecule has 0 heterocycles. The van der Waals surface area contributed by atoms with Crippen molar-refractivity contribution < 1.29 is 52.9 Å². The second kappa shape index (κ2) is 42.8. The van der Waals surface area contributed by atoms with E-state index in [4.69, 9.17) is 19.1 Å². The first-order chi connectivity index (χ1) is 29.1. The highest BCUT2D eigenvalue weighted by atomic mass is 31.2. The average molecular weight is 865 g/mol. The van der Waals surface area contributed by atoms with Crippen LogP contribution in [0.4, 0.5) is 0 Å². The molecule has 60 heavy (non-hydrogen) atoms. The molecule has 0 aromatic carbocycles. The first kappa shape index (κ1) is 57.1. The number of aliphatic hydroxyl groups is 3. The third-order valence-corrected chi connectivity index (χ3v) is 10.1. The van der Waals surface area contributed by atoms with Gasteiger partial charge in [-0.3, -0.25) is 18.6 Å². The molecule has 4 N–H and O–H groups in total. The van der Waals surface area contributed by atoms with Crippen LogP contribution < -0.4 is 0 Å². The molecule has 0 amide bonds. The molecular formula is C48H81O11P. The summed E-state index contributed by atoms with van der Waals surface area (Å²) in [6.45, 7) is 2.06. The summed E-state index contributed by atoms with van der Waals surface area (Å²) in [7, 11) is -4.65. The second-order valence-electron chi connectivity index (χ2n) is 14.9. The summed E-state index contributed by atoms with van der Waals surface area (Å²) in [5.41, 5.74) is 0. The van der Waals surface area contributed by atoms with Gasteiger partial charge in [0.05, 0.1) is 25.9 Å². The van der Waals surface area contributed by atoms with E-state index in [1.54, 1.807) is 6.08 Å². The van der Waals surface area contributed by atoms with Crippen molar-refractivity contribution in [1.29, 1.82) is 0 Å². The number of hydrogen-bond acceptors (Lipinski definition) is 10. The number of carbonyl (C=O) groups is 2. The Labute approximate surface area is 363 Å². The van der Waals surface area contributed by atoms with Crippen LogP contribution in [0.2, 0.25) is 0 Å². The standard InChI is InChI=1S/C48H81O11P/c1-3-5-7-8-9-10-11-12-13-14-15-18-22-25-28-31-35-39-48(53)59-46(43-58-60(54,55)57-41-45(51)40-49)42-56-47(52)38-34-30-27-24-21-19-16-17-20-23-26-29-33-37-44(50)36-32-6-4-2/h6,12-13,17,19-21,26-27,29-30,32-33,37,44-46,49-51H,3-5,7-11,14-16,18,22-25,28,31,34-36,38-43H2,1-2H3,(H,54,55)/b13-12-,20-17-,21-19-,29-26+,30-27-,32-6-,37-33+/t44?,45-,46+/m0/s1. The van der Waals surface area contributed by atoms with Gasteiger partial charge in [0, 0.05) is 12.8 Å². The van der Waals surface area contributed by atoms with Crippen LogP contribution in [-0.4, -0.2) is 76.9 Å². The molecule has 0 saturated carbocycles. The zero-order valence-corrected chi connectivity index (χ0v) is 37.9. The molecule has 0 aromatic rings. The number of esters is 2. The summed E-state index contributed by atoms with van der Waals surface area (Å²) < 4.78 is 32.6. The van der Waals surface area contributed by atoms with E-state index in [0.717, 1.165) is 51.4 Å². The molecule has 0 bridgehead atoms. The van der Waals surface area contributed by atoms with Crippen molar-refractivity contribution in [2.24, 2.45) is 0 Å². The molecule has 11 nitrogen and oxygen atoms in total. The molecule has 4 atom stereocenters. The van der Waals surface area contributed by atoms with Crippen molar-refractivity contribution in [3.8, 4) is 0 Å². The van der Waals surface area contributed by atoms with E-state index in [0.29, 0.717) is 25.7 Å². The van der Waals surface area contributed by atoms with Gasteiger partial charge in [-0.15, -0.1) is 0 Å². The van der Waals surface area contributed by atoms with Gasteiger partial charge in [0.1, 0.15) is 12.7 Å². The fraction of sp³-hybridized carbons (Fsp3) is 0.667. The van der Waals surface area contributed by atoms with Gasteiger partial charge in [-0.1, -0.05) is 163 Å². The maximum absolute atomic E-state index is 12.6. The number of unbranched alkanes of at least 4 members (excludes halogenated alkanes) is 13. The largest absolute Gasteiger partial charge is 0.472 e. The zero-order chi connectivity index (χ0) is 44.2. The smallest absolute Gasteiger partial charge is 0.462 e. The number of allylic oxidation sites excluding steroid dienone is 12. The van der Waals surface area contributed by atoms with E-state index >= 15 is 0 Å². The zero-order valence-electron chi connectivity index (χ0n) is 37.0. The minimum absolute atomic E-state index is 0.0959. The van der Waals surface area contributed by atoms with Crippen molar-refractivity contribution in [3.63, 3.8) is 0 Å². The van der Waals surface area contributed by atoms with E-state index in [-0.39, 0.29) is 19.4 Å². The first-order valence-corrected chi connectivity index (χ1v) is 24.1. The maximum atomic E-state index is 12.6. The molecule has 0 aliphatic heterocycles. The number of aliphatic hydroxyl groups excluding tert-OH is 3. The van der Waals surface area contributed by atoms with Crippen molar-refractivity contribution in [3.05, 3.63) is 85.1 Å². The molecule has 0 rings (SSSR count). The summed E-state index contributed by atoms with van der Waals surface area (Å²) in [5.74, 6) is -1.05. The van der Waals surface area contributed by atoms with E-state index in [9.17, 15) is 29.3 Å². The van der Waals surface area contributed by atoms with Crippen molar-refractivity contribution in [1.82, 2.24) is 0 Å². The van der Waals surface area contributed by atoms with E-state index in [1.165, 1.54) is 57.8 Å². The predicted octanol–water partition coefficient (Wildman–Crippen LogP) is 11.2. The lowest BCUT2D eigenvalue weighted by molar-refractivity contribution is -0.161. The number of phosphoric ester groups is 1. The molecule has 0 aliphatic rings. The Balaban J connectivity index is 4.44. The molecule has 0 radical (unpaired) electrons. The molecule has 2 unspecified atom stereocenters. The van der Waals surface area contributed by atoms with Gasteiger partial charge in [-0.2, -0.15) is 0 Å². The van der Waals surface area contributed by atoms with Crippen LogP contribution in [0.5, 0.6) is 0 Å². The second-order valence-corrected chi connectivity index (χ2v) is 16.3. The van der Waals surface area contributed by atoms with Crippen LogP contribution in [0.15, 0.2) is 85.1 Å². The average Bonchev–Trinajstić information content (AvgIpc) is 3.23. The lowest BCUT2D eigenvalue weighted by Gasteiger charge is -2.20. The molecule has 0 aromatic heterocycles. The molecule has 344 valence electrons. The van der Waals surface area contributed by atoms with Crippen molar-refractivity contribution >= 4 is 19.8 Å². The van der Waals surface area contributed by atoms with Crippen LogP contribution in [0.1, 0.15) is 162 Å². The van der Waals surface area contributed by atoms with Gasteiger partial charge in [0.15, 0.2) is 6.10 Å². The maximum Gasteiger partial charge on any atom is 0.472 e. The number of rotatable bonds is 41. The quantitative estimate of drug-likeness (QED) is 0.0152. The van der Waals surface area contributed by atoms with E-state index in [2.05, 4.69) is 48.8 Å². The summed E-state index contributed by atoms with van der Waals surface area (Å²) in [4.78, 5) is 35.0. The molecule has 0 fully saturated rings. The Morgan fingerprint density at radius 2 is 1.13 bits per heavy atom. The van der Waals surface area contributed by atoms with Crippen LogP contribution >= 0.6 is 7.82 Å². The number of hydrogen-bond donors (Lipinski definition) is 4. The fourth-order valence-corrected chi connectivity index (χ4v) is 6.42. The predicted molar refractivity (Wildman–Crippen MR) is 243 cm³/mol. The Hall–Kier alpha value is -2.89. The van der Waals surface area contributed by atoms with Gasteiger partial charge >= 0.3 is 19.8 Å². The Morgan fingerprint density at radius 1 is 0.583 bits per heavy atom. The van der Waals surface area contributed by atoms with E-state index in [1.807, 2.05) is 48.6 Å². The third-order valence-electron chi connectivity index (χ3n) is 9.13. The van der Waals surface area contributed by atoms with Crippen LogP contribution in [0.25, 0.3) is 0 Å². The summed E-state index contributed by atoms with van der Waals surface area (Å²) in [5, 5.41) is 28.2.